The van der Waals surface area contributed by atoms with Gasteiger partial charge in [-0.15, -0.1) is 0 Å². The molecule has 4 rings (SSSR count). The van der Waals surface area contributed by atoms with Crippen LogP contribution in [0.2, 0.25) is 0 Å². The SMILES string of the molecule is Cc1nc2c(C#N)cnn2c(C)c1CCC(=O)Nc1ccc2[nH]c(=O)[nH]c2c1. The molecule has 9 nitrogen and oxygen atoms in total. The number of hydrogen-bond acceptors (Lipinski definition) is 5. The second-order valence-electron chi connectivity index (χ2n) is 6.55. The predicted molar refractivity (Wildman–Crippen MR) is 103 cm³/mol. The number of hydrogen-bond donors (Lipinski definition) is 3. The minimum atomic E-state index is -0.287. The molecule has 3 N–H and O–H groups in total. The zero-order chi connectivity index (χ0) is 19.8. The molecule has 0 radical (unpaired) electrons. The molecule has 4 aromatic rings. The molecular weight excluding hydrogens is 358 g/mol. The van der Waals surface area contributed by atoms with Crippen LogP contribution in [0.1, 0.15) is 28.9 Å². The molecule has 0 unspecified atom stereocenters. The highest BCUT2D eigenvalue weighted by molar-refractivity contribution is 5.93. The van der Waals surface area contributed by atoms with Crippen LogP contribution in [-0.4, -0.2) is 30.5 Å². The summed E-state index contributed by atoms with van der Waals surface area (Å²) in [5.74, 6) is -0.144. The van der Waals surface area contributed by atoms with Gasteiger partial charge in [0.1, 0.15) is 11.6 Å². The number of imidazole rings is 1. The molecule has 0 bridgehead atoms. The molecule has 3 heterocycles. The zero-order valence-electron chi connectivity index (χ0n) is 15.3. The molecule has 0 aliphatic carbocycles. The van der Waals surface area contributed by atoms with Gasteiger partial charge in [0.05, 0.1) is 17.2 Å². The predicted octanol–water partition coefficient (Wildman–Crippen LogP) is 1.96. The van der Waals surface area contributed by atoms with Crippen molar-refractivity contribution in [3.05, 3.63) is 57.4 Å². The Labute approximate surface area is 159 Å². The molecule has 3 aromatic heterocycles. The van der Waals surface area contributed by atoms with Crippen LogP contribution in [0.5, 0.6) is 0 Å². The third-order valence-electron chi connectivity index (χ3n) is 4.73. The largest absolute Gasteiger partial charge is 0.326 e. The van der Waals surface area contributed by atoms with E-state index in [1.165, 1.54) is 6.20 Å². The number of nitrogens with zero attached hydrogens (tertiary/aromatic N) is 4. The van der Waals surface area contributed by atoms with Gasteiger partial charge in [0.25, 0.3) is 0 Å². The van der Waals surface area contributed by atoms with E-state index in [-0.39, 0.29) is 18.0 Å². The van der Waals surface area contributed by atoms with Gasteiger partial charge in [0.15, 0.2) is 5.65 Å². The Hall–Kier alpha value is -3.93. The first-order valence-electron chi connectivity index (χ1n) is 8.72. The van der Waals surface area contributed by atoms with E-state index in [4.69, 9.17) is 5.26 Å². The number of fused-ring (bicyclic) bond motifs is 2. The fourth-order valence-electron chi connectivity index (χ4n) is 3.32. The minimum absolute atomic E-state index is 0.144. The lowest BCUT2D eigenvalue weighted by Crippen LogP contribution is -2.14. The van der Waals surface area contributed by atoms with Crippen molar-refractivity contribution >= 4 is 28.3 Å². The van der Waals surface area contributed by atoms with Gasteiger partial charge in [-0.3, -0.25) is 4.79 Å². The van der Waals surface area contributed by atoms with Crippen molar-refractivity contribution in [2.75, 3.05) is 5.32 Å². The number of aromatic amines is 2. The van der Waals surface area contributed by atoms with E-state index in [0.29, 0.717) is 34.4 Å². The molecule has 1 aromatic carbocycles. The van der Waals surface area contributed by atoms with Gasteiger partial charge < -0.3 is 15.3 Å². The fraction of sp³-hybridized carbons (Fsp3) is 0.211. The highest BCUT2D eigenvalue weighted by Crippen LogP contribution is 2.19. The highest BCUT2D eigenvalue weighted by Gasteiger charge is 2.15. The first-order chi connectivity index (χ1) is 13.5. The number of aromatic nitrogens is 5. The summed E-state index contributed by atoms with van der Waals surface area (Å²) >= 11 is 0. The number of anilines is 1. The molecule has 140 valence electrons. The smallest absolute Gasteiger partial charge is 0.323 e. The molecule has 28 heavy (non-hydrogen) atoms. The number of aryl methyl sites for hydroxylation is 2. The van der Waals surface area contributed by atoms with E-state index in [0.717, 1.165) is 17.0 Å². The van der Waals surface area contributed by atoms with E-state index in [9.17, 15) is 9.59 Å². The number of nitrogens with one attached hydrogen (secondary N) is 3. The first-order valence-corrected chi connectivity index (χ1v) is 8.72. The van der Waals surface area contributed by atoms with Crippen molar-refractivity contribution in [1.29, 1.82) is 5.26 Å². The topological polar surface area (TPSA) is 132 Å². The monoisotopic (exact) mass is 375 g/mol. The van der Waals surface area contributed by atoms with Crippen LogP contribution < -0.4 is 11.0 Å². The van der Waals surface area contributed by atoms with Crippen molar-refractivity contribution in [2.45, 2.75) is 26.7 Å². The van der Waals surface area contributed by atoms with E-state index in [1.807, 2.05) is 13.8 Å². The number of benzene rings is 1. The molecule has 0 saturated heterocycles. The van der Waals surface area contributed by atoms with E-state index in [2.05, 4.69) is 31.4 Å². The third-order valence-corrected chi connectivity index (χ3v) is 4.73. The van der Waals surface area contributed by atoms with Crippen LogP contribution in [0.4, 0.5) is 5.69 Å². The normalized spacial score (nSPS) is 11.0. The minimum Gasteiger partial charge on any atom is -0.326 e. The number of carbonyl (C=O) groups is 1. The Morgan fingerprint density at radius 3 is 2.86 bits per heavy atom. The molecule has 0 spiro atoms. The van der Waals surface area contributed by atoms with E-state index < -0.39 is 0 Å². The Morgan fingerprint density at radius 2 is 2.07 bits per heavy atom. The van der Waals surface area contributed by atoms with Crippen molar-refractivity contribution in [3.63, 3.8) is 0 Å². The summed E-state index contributed by atoms with van der Waals surface area (Å²) in [7, 11) is 0. The number of carbonyl (C=O) groups excluding carboxylic acids is 1. The van der Waals surface area contributed by atoms with Crippen LogP contribution in [0, 0.1) is 25.2 Å². The molecule has 0 aliphatic rings. The Kier molecular flexibility index (Phi) is 4.16. The van der Waals surface area contributed by atoms with Crippen molar-refractivity contribution < 1.29 is 4.79 Å². The number of rotatable bonds is 4. The Morgan fingerprint density at radius 1 is 1.29 bits per heavy atom. The van der Waals surface area contributed by atoms with Gasteiger partial charge in [0, 0.05) is 23.5 Å². The van der Waals surface area contributed by atoms with Gasteiger partial charge in [-0.2, -0.15) is 10.4 Å². The number of nitriles is 1. The maximum Gasteiger partial charge on any atom is 0.323 e. The Bertz CT molecular complexity index is 1320. The highest BCUT2D eigenvalue weighted by atomic mass is 16.1. The van der Waals surface area contributed by atoms with Crippen LogP contribution in [0.15, 0.2) is 29.2 Å². The van der Waals surface area contributed by atoms with Gasteiger partial charge in [0.2, 0.25) is 5.91 Å². The molecular formula is C19H17N7O2. The van der Waals surface area contributed by atoms with Gasteiger partial charge in [-0.25, -0.2) is 14.3 Å². The summed E-state index contributed by atoms with van der Waals surface area (Å²) in [6.07, 6.45) is 2.26. The van der Waals surface area contributed by atoms with Crippen LogP contribution in [0.3, 0.4) is 0 Å². The second-order valence-corrected chi connectivity index (χ2v) is 6.55. The average molecular weight is 375 g/mol. The second kappa shape index (κ2) is 6.66. The summed E-state index contributed by atoms with van der Waals surface area (Å²) in [4.78, 5) is 33.5. The molecule has 9 heteroatoms. The van der Waals surface area contributed by atoms with Crippen molar-refractivity contribution in [3.8, 4) is 6.07 Å². The van der Waals surface area contributed by atoms with Crippen molar-refractivity contribution in [1.82, 2.24) is 24.6 Å². The van der Waals surface area contributed by atoms with Crippen LogP contribution in [0.25, 0.3) is 16.7 Å². The summed E-state index contributed by atoms with van der Waals surface area (Å²) in [5.41, 5.74) is 5.17. The quantitative estimate of drug-likeness (QED) is 0.502. The van der Waals surface area contributed by atoms with Crippen molar-refractivity contribution in [2.24, 2.45) is 0 Å². The fourth-order valence-corrected chi connectivity index (χ4v) is 3.32. The molecule has 1 amide bonds. The van der Waals surface area contributed by atoms with Gasteiger partial charge in [-0.05, 0) is 44.0 Å². The first kappa shape index (κ1) is 17.5. The third kappa shape index (κ3) is 3.01. The lowest BCUT2D eigenvalue weighted by atomic mass is 10.1. The summed E-state index contributed by atoms with van der Waals surface area (Å²) in [6.45, 7) is 3.77. The Balaban J connectivity index is 1.51. The maximum atomic E-state index is 12.4. The molecule has 0 fully saturated rings. The summed E-state index contributed by atoms with van der Waals surface area (Å²) in [5, 5.41) is 16.2. The van der Waals surface area contributed by atoms with Gasteiger partial charge in [-0.1, -0.05) is 0 Å². The van der Waals surface area contributed by atoms with E-state index in [1.54, 1.807) is 22.7 Å². The average Bonchev–Trinajstić information content (AvgIpc) is 3.23. The summed E-state index contributed by atoms with van der Waals surface area (Å²) in [6, 6.07) is 7.26. The number of amides is 1. The zero-order valence-corrected chi connectivity index (χ0v) is 15.3. The molecule has 0 aliphatic heterocycles. The molecule has 0 saturated carbocycles. The lowest BCUT2D eigenvalue weighted by Gasteiger charge is -2.11. The number of H-pyrrole nitrogens is 2. The maximum absolute atomic E-state index is 12.4. The lowest BCUT2D eigenvalue weighted by molar-refractivity contribution is -0.116. The molecule has 0 atom stereocenters. The standard InChI is InChI=1S/C19H17N7O2/c1-10-14(11(2)26-18(22-10)12(8-20)9-21-26)4-6-17(27)23-13-3-5-15-16(7-13)25-19(28)24-15/h3,5,7,9H,4,6H2,1-2H3,(H,23,27)(H2,24,25,28). The van der Waals surface area contributed by atoms with E-state index >= 15 is 0 Å². The van der Waals surface area contributed by atoms with Crippen LogP contribution in [-0.2, 0) is 11.2 Å². The van der Waals surface area contributed by atoms with Crippen LogP contribution >= 0.6 is 0 Å². The van der Waals surface area contributed by atoms with Gasteiger partial charge >= 0.3 is 5.69 Å². The summed E-state index contributed by atoms with van der Waals surface area (Å²) < 4.78 is 1.63.